The van der Waals surface area contributed by atoms with E-state index in [0.717, 1.165) is 5.56 Å². The molecule has 0 radical (unpaired) electrons. The number of benzene rings is 2. The number of nitrogens with one attached hydrogen (secondary N) is 1. The van der Waals surface area contributed by atoms with E-state index < -0.39 is 10.8 Å². The maximum absolute atomic E-state index is 12.5. The minimum Gasteiger partial charge on any atom is -0.338 e. The Labute approximate surface area is 150 Å². The summed E-state index contributed by atoms with van der Waals surface area (Å²) in [6.07, 6.45) is 0.145. The van der Waals surface area contributed by atoms with Crippen LogP contribution in [0.4, 0.5) is 11.4 Å². The maximum atomic E-state index is 12.5. The Morgan fingerprint density at radius 3 is 2.69 bits per heavy atom. The van der Waals surface area contributed by atoms with Crippen molar-refractivity contribution in [1.82, 2.24) is 4.90 Å². The molecule has 7 nitrogen and oxygen atoms in total. The predicted molar refractivity (Wildman–Crippen MR) is 96.4 cm³/mol. The lowest BCUT2D eigenvalue weighted by atomic mass is 10.1. The first-order chi connectivity index (χ1) is 12.4. The number of nitrogens with zero attached hydrogens (tertiary/aromatic N) is 2. The molecule has 0 bridgehead atoms. The summed E-state index contributed by atoms with van der Waals surface area (Å²) < 4.78 is 0. The standard InChI is InChI=1S/C19H19N3O4/c1-13-7-8-16(10-17(13)22(25)26)20-19(24)15-9-18(23)21(12-15)11-14-5-3-2-4-6-14/h2-8,10,15H,9,11-12H2,1H3,(H,20,24)/t15-/m1/s1. The van der Waals surface area contributed by atoms with E-state index in [9.17, 15) is 19.7 Å². The molecule has 26 heavy (non-hydrogen) atoms. The third-order valence-corrected chi connectivity index (χ3v) is 4.47. The molecule has 0 saturated carbocycles. The number of carbonyl (C=O) groups is 2. The van der Waals surface area contributed by atoms with Crippen molar-refractivity contribution in [3.63, 3.8) is 0 Å². The second-order valence-corrected chi connectivity index (χ2v) is 6.41. The third kappa shape index (κ3) is 3.88. The van der Waals surface area contributed by atoms with Crippen LogP contribution in [-0.4, -0.2) is 28.2 Å². The molecule has 2 aromatic rings. The highest BCUT2D eigenvalue weighted by atomic mass is 16.6. The summed E-state index contributed by atoms with van der Waals surface area (Å²) in [6.45, 7) is 2.45. The van der Waals surface area contributed by atoms with Gasteiger partial charge in [-0.1, -0.05) is 36.4 Å². The first kappa shape index (κ1) is 17.6. The second kappa shape index (κ2) is 7.35. The molecule has 2 amide bonds. The van der Waals surface area contributed by atoms with Gasteiger partial charge in [-0.3, -0.25) is 19.7 Å². The summed E-state index contributed by atoms with van der Waals surface area (Å²) in [5.74, 6) is -0.831. The van der Waals surface area contributed by atoms with Crippen LogP contribution in [0, 0.1) is 23.0 Å². The minimum atomic E-state index is -0.480. The molecule has 1 saturated heterocycles. The van der Waals surface area contributed by atoms with Gasteiger partial charge in [-0.25, -0.2) is 0 Å². The summed E-state index contributed by atoms with van der Waals surface area (Å²) in [5.41, 5.74) is 1.85. The largest absolute Gasteiger partial charge is 0.338 e. The van der Waals surface area contributed by atoms with Crippen molar-refractivity contribution in [3.05, 3.63) is 69.8 Å². The van der Waals surface area contributed by atoms with Gasteiger partial charge in [0.1, 0.15) is 0 Å². The smallest absolute Gasteiger partial charge is 0.274 e. The van der Waals surface area contributed by atoms with E-state index in [2.05, 4.69) is 5.32 Å². The lowest BCUT2D eigenvalue weighted by molar-refractivity contribution is -0.385. The van der Waals surface area contributed by atoms with Crippen LogP contribution in [0.3, 0.4) is 0 Å². The summed E-state index contributed by atoms with van der Waals surface area (Å²) in [7, 11) is 0. The van der Waals surface area contributed by atoms with Gasteiger partial charge in [0.15, 0.2) is 0 Å². The average Bonchev–Trinajstić information content (AvgIpc) is 2.98. The molecule has 1 aliphatic rings. The molecule has 134 valence electrons. The van der Waals surface area contributed by atoms with E-state index in [-0.39, 0.29) is 23.9 Å². The first-order valence-electron chi connectivity index (χ1n) is 8.31. The zero-order valence-electron chi connectivity index (χ0n) is 14.3. The SMILES string of the molecule is Cc1ccc(NC(=O)[C@@H]2CC(=O)N(Cc3ccccc3)C2)cc1[N+](=O)[O-]. The third-order valence-electron chi connectivity index (χ3n) is 4.47. The normalized spacial score (nSPS) is 16.6. The monoisotopic (exact) mass is 353 g/mol. The van der Waals surface area contributed by atoms with Crippen molar-refractivity contribution < 1.29 is 14.5 Å². The second-order valence-electron chi connectivity index (χ2n) is 6.41. The number of amides is 2. The molecule has 1 heterocycles. The molecule has 0 aliphatic carbocycles. The van der Waals surface area contributed by atoms with Crippen LogP contribution in [0.25, 0.3) is 0 Å². The Bertz CT molecular complexity index is 851. The fourth-order valence-corrected chi connectivity index (χ4v) is 3.03. The van der Waals surface area contributed by atoms with Crippen LogP contribution < -0.4 is 5.32 Å². The molecule has 1 atom stereocenters. The molecule has 0 aromatic heterocycles. The van der Waals surface area contributed by atoms with Crippen LogP contribution in [0.5, 0.6) is 0 Å². The summed E-state index contributed by atoms with van der Waals surface area (Å²) in [4.78, 5) is 36.9. The Morgan fingerprint density at radius 2 is 2.00 bits per heavy atom. The number of carbonyl (C=O) groups excluding carboxylic acids is 2. The van der Waals surface area contributed by atoms with E-state index in [1.165, 1.54) is 6.07 Å². The summed E-state index contributed by atoms with van der Waals surface area (Å²) >= 11 is 0. The molecule has 0 unspecified atom stereocenters. The van der Waals surface area contributed by atoms with Crippen molar-refractivity contribution in [1.29, 1.82) is 0 Å². The lowest BCUT2D eigenvalue weighted by Gasteiger charge is -2.16. The van der Waals surface area contributed by atoms with Crippen molar-refractivity contribution in [2.75, 3.05) is 11.9 Å². The number of hydrogen-bond donors (Lipinski definition) is 1. The van der Waals surface area contributed by atoms with E-state index in [1.54, 1.807) is 24.0 Å². The van der Waals surface area contributed by atoms with Gasteiger partial charge in [0.25, 0.3) is 5.69 Å². The Morgan fingerprint density at radius 1 is 1.27 bits per heavy atom. The molecular formula is C19H19N3O4. The van der Waals surface area contributed by atoms with Gasteiger partial charge in [0.05, 0.1) is 10.8 Å². The fraction of sp³-hybridized carbons (Fsp3) is 0.263. The summed E-state index contributed by atoms with van der Waals surface area (Å²) in [6, 6.07) is 14.2. The molecule has 1 aliphatic heterocycles. The lowest BCUT2D eigenvalue weighted by Crippen LogP contribution is -2.28. The van der Waals surface area contributed by atoms with Crippen molar-refractivity contribution >= 4 is 23.2 Å². The van der Waals surface area contributed by atoms with Crippen LogP contribution in [-0.2, 0) is 16.1 Å². The molecule has 2 aromatic carbocycles. The molecule has 0 spiro atoms. The van der Waals surface area contributed by atoms with Crippen molar-refractivity contribution in [2.24, 2.45) is 5.92 Å². The topological polar surface area (TPSA) is 92.6 Å². The predicted octanol–water partition coefficient (Wildman–Crippen LogP) is 2.89. The number of rotatable bonds is 5. The van der Waals surface area contributed by atoms with Crippen LogP contribution in [0.2, 0.25) is 0 Å². The number of hydrogen-bond acceptors (Lipinski definition) is 4. The maximum Gasteiger partial charge on any atom is 0.274 e. The van der Waals surface area contributed by atoms with Crippen LogP contribution in [0.1, 0.15) is 17.5 Å². The number of nitro groups is 1. The first-order valence-corrected chi connectivity index (χ1v) is 8.31. The number of anilines is 1. The van der Waals surface area contributed by atoms with Crippen LogP contribution in [0.15, 0.2) is 48.5 Å². The zero-order chi connectivity index (χ0) is 18.7. The van der Waals surface area contributed by atoms with Crippen molar-refractivity contribution in [2.45, 2.75) is 19.9 Å². The minimum absolute atomic E-state index is 0.0454. The molecule has 3 rings (SSSR count). The van der Waals surface area contributed by atoms with E-state index in [1.807, 2.05) is 30.3 Å². The Hall–Kier alpha value is -3.22. The summed E-state index contributed by atoms with van der Waals surface area (Å²) in [5, 5.41) is 13.7. The quantitative estimate of drug-likeness (QED) is 0.661. The van der Waals surface area contributed by atoms with Crippen molar-refractivity contribution in [3.8, 4) is 0 Å². The van der Waals surface area contributed by atoms with Gasteiger partial charge in [0.2, 0.25) is 11.8 Å². The Kier molecular flexibility index (Phi) is 4.97. The van der Waals surface area contributed by atoms with E-state index in [0.29, 0.717) is 24.3 Å². The fourth-order valence-electron chi connectivity index (χ4n) is 3.03. The van der Waals surface area contributed by atoms with Gasteiger partial charge in [-0.05, 0) is 18.6 Å². The highest BCUT2D eigenvalue weighted by molar-refractivity contribution is 5.97. The molecule has 7 heteroatoms. The highest BCUT2D eigenvalue weighted by Crippen LogP contribution is 2.25. The van der Waals surface area contributed by atoms with Gasteiger partial charge in [-0.15, -0.1) is 0 Å². The molecule has 1 fully saturated rings. The van der Waals surface area contributed by atoms with Crippen LogP contribution >= 0.6 is 0 Å². The average molecular weight is 353 g/mol. The molecular weight excluding hydrogens is 334 g/mol. The van der Waals surface area contributed by atoms with Gasteiger partial charge < -0.3 is 10.2 Å². The number of aryl methyl sites for hydroxylation is 1. The van der Waals surface area contributed by atoms with E-state index in [4.69, 9.17) is 0 Å². The zero-order valence-corrected chi connectivity index (χ0v) is 14.3. The van der Waals surface area contributed by atoms with E-state index >= 15 is 0 Å². The van der Waals surface area contributed by atoms with Gasteiger partial charge in [0, 0.05) is 36.8 Å². The number of nitro benzene ring substituents is 1. The number of likely N-dealkylation sites (tertiary alicyclic amines) is 1. The van der Waals surface area contributed by atoms with Gasteiger partial charge >= 0.3 is 0 Å². The van der Waals surface area contributed by atoms with Gasteiger partial charge in [-0.2, -0.15) is 0 Å². The Balaban J connectivity index is 1.65. The highest BCUT2D eigenvalue weighted by Gasteiger charge is 2.34. The molecule has 1 N–H and O–H groups in total.